The minimum Gasteiger partial charge on any atom is -0.466 e. The number of hydrogen-bond donors (Lipinski definition) is 0. The largest absolute Gasteiger partial charge is 0.466 e. The highest BCUT2D eigenvalue weighted by Crippen LogP contribution is 1.99. The molecule has 0 saturated carbocycles. The standard InChI is InChI=1S/C8H10.C6H10O3/c1-7-3-5-8(2)6-4-7;1-3-9-6(8)4-5(2)7/h3-6H,1-2H3;3-4H2,1-2H3. The fourth-order valence-corrected chi connectivity index (χ4v) is 1.05. The minimum atomic E-state index is -0.440. The van der Waals surface area contributed by atoms with E-state index >= 15 is 0 Å². The minimum absolute atomic E-state index is 0.103. The summed E-state index contributed by atoms with van der Waals surface area (Å²) in [6, 6.07) is 8.48. The van der Waals surface area contributed by atoms with Crippen molar-refractivity contribution in [3.63, 3.8) is 0 Å². The van der Waals surface area contributed by atoms with Crippen molar-refractivity contribution in [3.8, 4) is 0 Å². The Labute approximate surface area is 103 Å². The number of rotatable bonds is 3. The molecule has 0 aliphatic carbocycles. The van der Waals surface area contributed by atoms with Gasteiger partial charge in [0.05, 0.1) is 6.61 Å². The summed E-state index contributed by atoms with van der Waals surface area (Å²) in [5, 5.41) is 0. The normalized spacial score (nSPS) is 8.94. The van der Waals surface area contributed by atoms with Crippen molar-refractivity contribution in [2.24, 2.45) is 0 Å². The predicted molar refractivity (Wildman–Crippen MR) is 67.8 cm³/mol. The highest BCUT2D eigenvalue weighted by Gasteiger charge is 2.03. The Morgan fingerprint density at radius 3 is 1.76 bits per heavy atom. The van der Waals surface area contributed by atoms with Crippen LogP contribution in [0.25, 0.3) is 0 Å². The van der Waals surface area contributed by atoms with E-state index in [1.54, 1.807) is 6.92 Å². The Bertz CT molecular complexity index is 331. The van der Waals surface area contributed by atoms with Crippen LogP contribution in [-0.2, 0) is 14.3 Å². The van der Waals surface area contributed by atoms with Crippen molar-refractivity contribution in [1.29, 1.82) is 0 Å². The van der Waals surface area contributed by atoms with E-state index in [1.807, 2.05) is 0 Å². The van der Waals surface area contributed by atoms with Crippen molar-refractivity contribution >= 4 is 11.8 Å². The molecule has 1 rings (SSSR count). The molecule has 0 atom stereocenters. The first-order valence-corrected chi connectivity index (χ1v) is 5.64. The van der Waals surface area contributed by atoms with Gasteiger partial charge in [0.1, 0.15) is 12.2 Å². The quantitative estimate of drug-likeness (QED) is 0.598. The molecule has 0 radical (unpaired) electrons. The van der Waals surface area contributed by atoms with Gasteiger partial charge in [-0.3, -0.25) is 9.59 Å². The third-order valence-electron chi connectivity index (χ3n) is 1.92. The molecule has 0 bridgehead atoms. The summed E-state index contributed by atoms with van der Waals surface area (Å²) in [4.78, 5) is 20.6. The number of ether oxygens (including phenoxy) is 1. The fraction of sp³-hybridized carbons (Fsp3) is 0.429. The third kappa shape index (κ3) is 9.30. The average Bonchev–Trinajstić information content (AvgIpc) is 2.22. The van der Waals surface area contributed by atoms with Crippen LogP contribution >= 0.6 is 0 Å². The van der Waals surface area contributed by atoms with Crippen molar-refractivity contribution in [2.75, 3.05) is 6.61 Å². The highest BCUT2D eigenvalue weighted by molar-refractivity contribution is 5.94. The first-order valence-electron chi connectivity index (χ1n) is 5.64. The van der Waals surface area contributed by atoms with Crippen molar-refractivity contribution in [2.45, 2.75) is 34.1 Å². The summed E-state index contributed by atoms with van der Waals surface area (Å²) >= 11 is 0. The van der Waals surface area contributed by atoms with Gasteiger partial charge in [-0.25, -0.2) is 0 Å². The Morgan fingerprint density at radius 2 is 1.47 bits per heavy atom. The lowest BCUT2D eigenvalue weighted by molar-refractivity contribution is -0.145. The van der Waals surface area contributed by atoms with Crippen molar-refractivity contribution in [1.82, 2.24) is 0 Å². The van der Waals surface area contributed by atoms with Gasteiger partial charge in [0.2, 0.25) is 0 Å². The molecule has 0 unspecified atom stereocenters. The van der Waals surface area contributed by atoms with Crippen LogP contribution in [0, 0.1) is 13.8 Å². The Balaban J connectivity index is 0.000000302. The number of Topliss-reactive ketones (excluding diaryl/α,β-unsaturated/α-hetero) is 1. The molecule has 1 aromatic rings. The van der Waals surface area contributed by atoms with E-state index < -0.39 is 5.97 Å². The molecule has 0 heterocycles. The zero-order valence-corrected chi connectivity index (χ0v) is 10.9. The van der Waals surface area contributed by atoms with Gasteiger partial charge in [0.25, 0.3) is 0 Å². The molecule has 0 saturated heterocycles. The van der Waals surface area contributed by atoms with Gasteiger partial charge < -0.3 is 4.74 Å². The van der Waals surface area contributed by atoms with Crippen LogP contribution in [0.15, 0.2) is 24.3 Å². The van der Waals surface area contributed by atoms with E-state index in [4.69, 9.17) is 0 Å². The zero-order valence-electron chi connectivity index (χ0n) is 10.9. The number of ketones is 1. The number of hydrogen-bond acceptors (Lipinski definition) is 3. The molecular weight excluding hydrogens is 216 g/mol. The lowest BCUT2D eigenvalue weighted by Crippen LogP contribution is -2.07. The van der Waals surface area contributed by atoms with Crippen LogP contribution in [0.5, 0.6) is 0 Å². The smallest absolute Gasteiger partial charge is 0.313 e. The summed E-state index contributed by atoms with van der Waals surface area (Å²) < 4.78 is 4.49. The van der Waals surface area contributed by atoms with Gasteiger partial charge >= 0.3 is 5.97 Å². The first kappa shape index (κ1) is 15.4. The van der Waals surface area contributed by atoms with Crippen LogP contribution in [0.3, 0.4) is 0 Å². The summed E-state index contributed by atoms with van der Waals surface area (Å²) in [7, 11) is 0. The first-order chi connectivity index (χ1) is 7.95. The maximum Gasteiger partial charge on any atom is 0.313 e. The molecule has 0 aliphatic rings. The Hall–Kier alpha value is -1.64. The topological polar surface area (TPSA) is 43.4 Å². The van der Waals surface area contributed by atoms with E-state index in [0.29, 0.717) is 6.61 Å². The van der Waals surface area contributed by atoms with Crippen LogP contribution in [-0.4, -0.2) is 18.4 Å². The molecule has 0 aromatic heterocycles. The molecular formula is C14H20O3. The number of carbonyl (C=O) groups is 2. The van der Waals surface area contributed by atoms with Gasteiger partial charge in [-0.05, 0) is 27.7 Å². The lowest BCUT2D eigenvalue weighted by Gasteiger charge is -1.96. The van der Waals surface area contributed by atoms with E-state index in [1.165, 1.54) is 18.1 Å². The second-order valence-electron chi connectivity index (χ2n) is 3.84. The second-order valence-corrected chi connectivity index (χ2v) is 3.84. The maximum absolute atomic E-state index is 10.4. The van der Waals surface area contributed by atoms with Crippen molar-refractivity contribution < 1.29 is 14.3 Å². The van der Waals surface area contributed by atoms with Crippen molar-refractivity contribution in [3.05, 3.63) is 35.4 Å². The predicted octanol–water partition coefficient (Wildman–Crippen LogP) is 2.83. The monoisotopic (exact) mass is 236 g/mol. The van der Waals surface area contributed by atoms with Gasteiger partial charge in [0.15, 0.2) is 0 Å². The van der Waals surface area contributed by atoms with Crippen LogP contribution in [0.4, 0.5) is 0 Å². The second kappa shape index (κ2) is 8.50. The molecule has 3 nitrogen and oxygen atoms in total. The molecule has 0 spiro atoms. The van der Waals surface area contributed by atoms with E-state index in [2.05, 4.69) is 42.8 Å². The van der Waals surface area contributed by atoms with Crippen LogP contribution < -0.4 is 0 Å². The zero-order chi connectivity index (χ0) is 13.3. The van der Waals surface area contributed by atoms with E-state index in [0.717, 1.165) is 0 Å². The van der Waals surface area contributed by atoms with Crippen LogP contribution in [0.1, 0.15) is 31.4 Å². The number of carbonyl (C=O) groups excluding carboxylic acids is 2. The number of benzene rings is 1. The van der Waals surface area contributed by atoms with E-state index in [-0.39, 0.29) is 12.2 Å². The van der Waals surface area contributed by atoms with Crippen LogP contribution in [0.2, 0.25) is 0 Å². The Morgan fingerprint density at radius 1 is 1.06 bits per heavy atom. The molecule has 94 valence electrons. The fourth-order valence-electron chi connectivity index (χ4n) is 1.05. The summed E-state index contributed by atoms with van der Waals surface area (Å²) in [6.45, 7) is 7.60. The third-order valence-corrected chi connectivity index (χ3v) is 1.92. The lowest BCUT2D eigenvalue weighted by atomic mass is 10.2. The van der Waals surface area contributed by atoms with Gasteiger partial charge in [-0.1, -0.05) is 35.4 Å². The molecule has 3 heteroatoms. The molecule has 0 aliphatic heterocycles. The van der Waals surface area contributed by atoms with E-state index in [9.17, 15) is 9.59 Å². The molecule has 17 heavy (non-hydrogen) atoms. The van der Waals surface area contributed by atoms with Gasteiger partial charge in [-0.15, -0.1) is 0 Å². The molecule has 1 aromatic carbocycles. The summed E-state index contributed by atoms with van der Waals surface area (Å²) in [5.74, 6) is -0.599. The highest BCUT2D eigenvalue weighted by atomic mass is 16.5. The molecule has 0 N–H and O–H groups in total. The molecule has 0 amide bonds. The maximum atomic E-state index is 10.4. The number of esters is 1. The van der Waals surface area contributed by atoms with Gasteiger partial charge in [-0.2, -0.15) is 0 Å². The number of aryl methyl sites for hydroxylation is 2. The van der Waals surface area contributed by atoms with Gasteiger partial charge in [0, 0.05) is 0 Å². The summed E-state index contributed by atoms with van der Waals surface area (Å²) in [6.07, 6.45) is -0.103. The average molecular weight is 236 g/mol. The Kier molecular flexibility index (Phi) is 7.68. The molecule has 0 fully saturated rings. The SMILES string of the molecule is CCOC(=O)CC(C)=O.Cc1ccc(C)cc1. The summed E-state index contributed by atoms with van der Waals surface area (Å²) in [5.41, 5.74) is 2.66.